The Hall–Kier alpha value is -5.86. The van der Waals surface area contributed by atoms with Gasteiger partial charge in [-0.2, -0.15) is 0 Å². The number of imide groups is 2. The van der Waals surface area contributed by atoms with Gasteiger partial charge >= 0.3 is 0 Å². The van der Waals surface area contributed by atoms with Gasteiger partial charge in [-0.1, -0.05) is 78.9 Å². The molecule has 1 atom stereocenters. The lowest BCUT2D eigenvalue weighted by molar-refractivity contribution is -0.136. The lowest BCUT2D eigenvalue weighted by atomic mass is 9.88. The average Bonchev–Trinajstić information content (AvgIpc) is 3.55. The molecule has 0 spiro atoms. The number of allylic oxidation sites excluding steroid dienone is 1. The van der Waals surface area contributed by atoms with Gasteiger partial charge in [0, 0.05) is 57.3 Å². The van der Waals surface area contributed by atoms with Crippen LogP contribution in [0.3, 0.4) is 0 Å². The maximum atomic E-state index is 13.3. The molecule has 4 aromatic rings. The minimum Gasteiger partial charge on any atom is -0.492 e. The maximum absolute atomic E-state index is 13.3. The van der Waals surface area contributed by atoms with Crippen LogP contribution in [0.4, 0.5) is 5.69 Å². The molecule has 1 unspecified atom stereocenters. The van der Waals surface area contributed by atoms with Crippen molar-refractivity contribution < 1.29 is 38.2 Å². The van der Waals surface area contributed by atoms with Crippen LogP contribution in [-0.2, 0) is 23.9 Å². The molecular formula is C48H52ClN5O8. The van der Waals surface area contributed by atoms with Crippen molar-refractivity contribution in [2.75, 3.05) is 83.5 Å². The van der Waals surface area contributed by atoms with Crippen LogP contribution in [-0.4, -0.2) is 128 Å². The quantitative estimate of drug-likeness (QED) is 0.0489. The van der Waals surface area contributed by atoms with Crippen LogP contribution >= 0.6 is 11.6 Å². The SMILES string of the molecule is O=C1CCC(N2C(=O)c3cccc(NCCOCCOCCC(=O)N4CCN(CCOc5ccc(/C(=C(/CCCl)c6ccccc6)c6ccccc6)cc5)CC4)c3C2=O)C(=O)N1. The largest absolute Gasteiger partial charge is 0.492 e. The highest BCUT2D eigenvalue weighted by Gasteiger charge is 2.45. The second kappa shape index (κ2) is 21.8. The normalized spacial score (nSPS) is 17.1. The Balaban J connectivity index is 0.766. The molecule has 3 heterocycles. The molecular weight excluding hydrogens is 810 g/mol. The molecule has 3 aliphatic heterocycles. The second-order valence-electron chi connectivity index (χ2n) is 15.2. The number of piperazine rings is 1. The second-order valence-corrected chi connectivity index (χ2v) is 15.6. The Morgan fingerprint density at radius 2 is 1.39 bits per heavy atom. The molecule has 2 fully saturated rings. The molecule has 0 radical (unpaired) electrons. The van der Waals surface area contributed by atoms with Gasteiger partial charge in [-0.3, -0.25) is 39.1 Å². The number of hydrogen-bond donors (Lipinski definition) is 2. The Morgan fingerprint density at radius 1 is 0.710 bits per heavy atom. The number of benzene rings is 4. The van der Waals surface area contributed by atoms with Crippen LogP contribution in [0.5, 0.6) is 5.75 Å². The van der Waals surface area contributed by atoms with E-state index >= 15 is 0 Å². The summed E-state index contributed by atoms with van der Waals surface area (Å²) < 4.78 is 17.5. The first-order valence-corrected chi connectivity index (χ1v) is 21.7. The van der Waals surface area contributed by atoms with Gasteiger partial charge in [0.1, 0.15) is 18.4 Å². The molecule has 0 saturated carbocycles. The van der Waals surface area contributed by atoms with Crippen molar-refractivity contribution in [2.45, 2.75) is 31.7 Å². The van der Waals surface area contributed by atoms with E-state index in [0.717, 1.165) is 59.0 Å². The van der Waals surface area contributed by atoms with Crippen molar-refractivity contribution in [1.82, 2.24) is 20.0 Å². The topological polar surface area (TPSA) is 147 Å². The molecule has 7 rings (SSSR count). The number of hydrogen-bond acceptors (Lipinski definition) is 10. The zero-order valence-electron chi connectivity index (χ0n) is 34.7. The number of carbonyl (C=O) groups excluding carboxylic acids is 5. The fourth-order valence-corrected chi connectivity index (χ4v) is 8.25. The lowest BCUT2D eigenvalue weighted by Gasteiger charge is -2.34. The minimum atomic E-state index is -1.02. The molecule has 2 N–H and O–H groups in total. The number of anilines is 1. The van der Waals surface area contributed by atoms with Gasteiger partial charge in [0.25, 0.3) is 11.8 Å². The Labute approximate surface area is 366 Å². The van der Waals surface area contributed by atoms with Crippen molar-refractivity contribution in [2.24, 2.45) is 0 Å². The van der Waals surface area contributed by atoms with Crippen LogP contribution in [0.2, 0.25) is 0 Å². The molecule has 62 heavy (non-hydrogen) atoms. The van der Waals surface area contributed by atoms with Gasteiger partial charge in [0.05, 0.1) is 44.0 Å². The number of alkyl halides is 1. The van der Waals surface area contributed by atoms with Crippen molar-refractivity contribution in [3.63, 3.8) is 0 Å². The van der Waals surface area contributed by atoms with Crippen LogP contribution < -0.4 is 15.4 Å². The van der Waals surface area contributed by atoms with Crippen molar-refractivity contribution >= 4 is 58.0 Å². The van der Waals surface area contributed by atoms with E-state index in [0.29, 0.717) is 70.7 Å². The number of nitrogens with zero attached hydrogens (tertiary/aromatic N) is 3. The molecule has 0 aromatic heterocycles. The van der Waals surface area contributed by atoms with E-state index in [1.807, 2.05) is 29.2 Å². The van der Waals surface area contributed by atoms with E-state index < -0.39 is 29.7 Å². The first-order valence-electron chi connectivity index (χ1n) is 21.2. The molecule has 0 aliphatic carbocycles. The van der Waals surface area contributed by atoms with E-state index in [1.54, 1.807) is 18.2 Å². The molecule has 3 aliphatic rings. The third-order valence-electron chi connectivity index (χ3n) is 11.2. The number of rotatable bonds is 20. The summed E-state index contributed by atoms with van der Waals surface area (Å²) in [5.41, 5.74) is 6.65. The number of piperidine rings is 1. The van der Waals surface area contributed by atoms with Crippen LogP contribution in [0.25, 0.3) is 11.1 Å². The standard InChI is InChI=1S/C48H52ClN5O8/c49-22-20-38(34-8-3-1-4-9-34)44(35-10-5-2-6-11-35)36-14-16-37(17-15-36)62-31-28-52-24-26-53(27-25-52)43(56)21-29-60-32-33-61-30-23-50-40-13-7-12-39-45(40)48(59)54(47(39)58)41-18-19-42(55)51-46(41)57/h1-17,41,50H,18-33H2,(H,51,55,57)/b44-38-. The third kappa shape index (κ3) is 11.0. The monoisotopic (exact) mass is 861 g/mol. The fourth-order valence-electron chi connectivity index (χ4n) is 8.06. The molecule has 13 nitrogen and oxygen atoms in total. The minimum absolute atomic E-state index is 0.0583. The maximum Gasteiger partial charge on any atom is 0.264 e. The predicted molar refractivity (Wildman–Crippen MR) is 237 cm³/mol. The average molecular weight is 862 g/mol. The van der Waals surface area contributed by atoms with Gasteiger partial charge < -0.3 is 24.4 Å². The summed E-state index contributed by atoms with van der Waals surface area (Å²) in [6.45, 7) is 5.79. The Morgan fingerprint density at radius 3 is 2.08 bits per heavy atom. The van der Waals surface area contributed by atoms with Crippen molar-refractivity contribution in [3.8, 4) is 5.75 Å². The summed E-state index contributed by atoms with van der Waals surface area (Å²) in [6.07, 6.45) is 1.19. The van der Waals surface area contributed by atoms with Crippen molar-refractivity contribution in [3.05, 3.63) is 131 Å². The molecule has 2 saturated heterocycles. The highest BCUT2D eigenvalue weighted by molar-refractivity contribution is 6.25. The van der Waals surface area contributed by atoms with E-state index in [9.17, 15) is 24.0 Å². The zero-order valence-corrected chi connectivity index (χ0v) is 35.4. The van der Waals surface area contributed by atoms with Gasteiger partial charge in [0.15, 0.2) is 0 Å². The number of nitrogens with one attached hydrogen (secondary N) is 2. The molecule has 4 aromatic carbocycles. The predicted octanol–water partition coefficient (Wildman–Crippen LogP) is 5.73. The highest BCUT2D eigenvalue weighted by atomic mass is 35.5. The Bertz CT molecular complexity index is 2230. The summed E-state index contributed by atoms with van der Waals surface area (Å²) in [4.78, 5) is 68.3. The van der Waals surface area contributed by atoms with Crippen LogP contribution in [0.1, 0.15) is 63.1 Å². The molecule has 0 bridgehead atoms. The van der Waals surface area contributed by atoms with Gasteiger partial charge in [0.2, 0.25) is 17.7 Å². The molecule has 14 heteroatoms. The number of carbonyl (C=O) groups is 5. The van der Waals surface area contributed by atoms with Crippen molar-refractivity contribution in [1.29, 1.82) is 0 Å². The Kier molecular flexibility index (Phi) is 15.5. The van der Waals surface area contributed by atoms with Crippen LogP contribution in [0.15, 0.2) is 103 Å². The summed E-state index contributed by atoms with van der Waals surface area (Å²) in [5.74, 6) is -0.798. The van der Waals surface area contributed by atoms with E-state index in [1.165, 1.54) is 5.57 Å². The highest BCUT2D eigenvalue weighted by Crippen LogP contribution is 2.36. The van der Waals surface area contributed by atoms with E-state index in [4.69, 9.17) is 25.8 Å². The molecule has 5 amide bonds. The third-order valence-corrected chi connectivity index (χ3v) is 11.4. The van der Waals surface area contributed by atoms with Gasteiger partial charge in [-0.15, -0.1) is 11.6 Å². The first kappa shape index (κ1) is 44.2. The number of amides is 5. The smallest absolute Gasteiger partial charge is 0.264 e. The molecule has 324 valence electrons. The van der Waals surface area contributed by atoms with Gasteiger partial charge in [-0.25, -0.2) is 0 Å². The van der Waals surface area contributed by atoms with Gasteiger partial charge in [-0.05, 0) is 64.9 Å². The summed E-state index contributed by atoms with van der Waals surface area (Å²) in [6, 6.07) is 33.0. The van der Waals surface area contributed by atoms with E-state index in [-0.39, 0.29) is 29.9 Å². The fraction of sp³-hybridized carbons (Fsp3) is 0.354. The first-order chi connectivity index (χ1) is 30.3. The summed E-state index contributed by atoms with van der Waals surface area (Å²) in [7, 11) is 0. The summed E-state index contributed by atoms with van der Waals surface area (Å²) >= 11 is 6.32. The summed E-state index contributed by atoms with van der Waals surface area (Å²) in [5, 5.41) is 5.35. The lowest BCUT2D eigenvalue weighted by Crippen LogP contribution is -2.54. The number of ether oxygens (including phenoxy) is 3. The number of fused-ring (bicyclic) bond motifs is 1. The number of halogens is 1. The van der Waals surface area contributed by atoms with Crippen LogP contribution in [0, 0.1) is 0 Å². The zero-order chi connectivity index (χ0) is 43.3. The van der Waals surface area contributed by atoms with E-state index in [2.05, 4.69) is 76.2 Å².